The minimum Gasteiger partial charge on any atom is -0.495 e. The topological polar surface area (TPSA) is 76.4 Å². The number of nitrogens with zero attached hydrogens (tertiary/aromatic N) is 1. The number of halogens is 1. The summed E-state index contributed by atoms with van der Waals surface area (Å²) in [6, 6.07) is 4.71. The molecule has 2 aromatic rings. The van der Waals surface area contributed by atoms with Crippen LogP contribution in [-0.2, 0) is 4.79 Å². The molecule has 1 aromatic heterocycles. The number of anilines is 2. The third-order valence-corrected chi connectivity index (χ3v) is 3.53. The lowest BCUT2D eigenvalue weighted by molar-refractivity contribution is -0.116. The van der Waals surface area contributed by atoms with Gasteiger partial charge >= 0.3 is 0 Å². The van der Waals surface area contributed by atoms with Crippen LogP contribution in [0.4, 0.5) is 11.5 Å². The summed E-state index contributed by atoms with van der Waals surface area (Å²) in [5.74, 6) is 1.36. The predicted octanol–water partition coefficient (Wildman–Crippen LogP) is 3.39. The van der Waals surface area contributed by atoms with E-state index in [2.05, 4.69) is 15.8 Å². The quantitative estimate of drug-likeness (QED) is 0.882. The van der Waals surface area contributed by atoms with Crippen LogP contribution in [0.25, 0.3) is 0 Å². The highest BCUT2D eigenvalue weighted by Gasteiger charge is 2.17. The number of aryl methyl sites for hydroxylation is 2. The second-order valence-electron chi connectivity index (χ2n) is 4.98. The van der Waals surface area contributed by atoms with Gasteiger partial charge in [-0.15, -0.1) is 0 Å². The molecule has 22 heavy (non-hydrogen) atoms. The molecule has 2 rings (SSSR count). The van der Waals surface area contributed by atoms with Crippen molar-refractivity contribution >= 4 is 29.0 Å². The number of methoxy groups -OCH3 is 1. The van der Waals surface area contributed by atoms with E-state index in [0.29, 0.717) is 28.0 Å². The zero-order chi connectivity index (χ0) is 16.3. The second kappa shape index (κ2) is 6.70. The molecule has 7 heteroatoms. The fourth-order valence-electron chi connectivity index (χ4n) is 1.90. The van der Waals surface area contributed by atoms with Crippen LogP contribution in [0.2, 0.25) is 5.02 Å². The van der Waals surface area contributed by atoms with Gasteiger partial charge in [-0.05, 0) is 32.4 Å². The number of hydrogen-bond donors (Lipinski definition) is 2. The van der Waals surface area contributed by atoms with Crippen molar-refractivity contribution in [2.45, 2.75) is 26.8 Å². The molecule has 1 heterocycles. The summed E-state index contributed by atoms with van der Waals surface area (Å²) in [6.07, 6.45) is 0. The zero-order valence-electron chi connectivity index (χ0n) is 12.9. The number of nitrogens with one attached hydrogen (secondary N) is 2. The van der Waals surface area contributed by atoms with Crippen molar-refractivity contribution in [2.75, 3.05) is 17.7 Å². The highest BCUT2D eigenvalue weighted by molar-refractivity contribution is 6.31. The van der Waals surface area contributed by atoms with E-state index in [0.717, 1.165) is 5.56 Å². The molecule has 0 saturated carbocycles. The molecule has 118 valence electrons. The van der Waals surface area contributed by atoms with Gasteiger partial charge in [0, 0.05) is 17.2 Å². The Morgan fingerprint density at radius 1 is 1.36 bits per heavy atom. The maximum atomic E-state index is 12.2. The minimum absolute atomic E-state index is 0.233. The molecule has 0 radical (unpaired) electrons. The van der Waals surface area contributed by atoms with E-state index in [1.165, 1.54) is 0 Å². The van der Waals surface area contributed by atoms with Gasteiger partial charge in [0.2, 0.25) is 5.91 Å². The van der Waals surface area contributed by atoms with Crippen molar-refractivity contribution in [1.82, 2.24) is 5.16 Å². The molecular weight excluding hydrogens is 306 g/mol. The van der Waals surface area contributed by atoms with Crippen LogP contribution in [0.15, 0.2) is 22.7 Å². The maximum Gasteiger partial charge on any atom is 0.247 e. The molecule has 2 N–H and O–H groups in total. The molecular formula is C15H18ClN3O3. The lowest BCUT2D eigenvalue weighted by atomic mass is 10.2. The first-order valence-corrected chi connectivity index (χ1v) is 7.13. The second-order valence-corrected chi connectivity index (χ2v) is 5.39. The molecule has 0 bridgehead atoms. The molecule has 6 nitrogen and oxygen atoms in total. The van der Waals surface area contributed by atoms with Gasteiger partial charge in [0.15, 0.2) is 5.82 Å². The summed E-state index contributed by atoms with van der Waals surface area (Å²) in [5.41, 5.74) is 1.59. The number of ether oxygens (including phenoxy) is 1. The van der Waals surface area contributed by atoms with E-state index < -0.39 is 6.04 Å². The Kier molecular flexibility index (Phi) is 4.92. The van der Waals surface area contributed by atoms with Crippen molar-refractivity contribution in [3.8, 4) is 5.75 Å². The number of hydrogen-bond acceptors (Lipinski definition) is 5. The highest BCUT2D eigenvalue weighted by Crippen LogP contribution is 2.31. The third kappa shape index (κ3) is 3.71. The van der Waals surface area contributed by atoms with Gasteiger partial charge < -0.3 is 19.9 Å². The van der Waals surface area contributed by atoms with E-state index >= 15 is 0 Å². The highest BCUT2D eigenvalue weighted by atomic mass is 35.5. The van der Waals surface area contributed by atoms with Crippen LogP contribution >= 0.6 is 11.6 Å². The van der Waals surface area contributed by atoms with Gasteiger partial charge in [-0.3, -0.25) is 4.79 Å². The summed E-state index contributed by atoms with van der Waals surface area (Å²) in [5, 5.41) is 10.1. The smallest absolute Gasteiger partial charge is 0.247 e. The fourth-order valence-corrected chi connectivity index (χ4v) is 2.06. The monoisotopic (exact) mass is 323 g/mol. The summed E-state index contributed by atoms with van der Waals surface area (Å²) in [7, 11) is 1.55. The average Bonchev–Trinajstić information content (AvgIpc) is 2.87. The Bertz CT molecular complexity index is 685. The Labute approximate surface area is 133 Å². The number of benzene rings is 1. The maximum absolute atomic E-state index is 12.2. The number of aromatic nitrogens is 1. The molecule has 0 saturated heterocycles. The molecule has 0 fully saturated rings. The van der Waals surface area contributed by atoms with Gasteiger partial charge in [0.25, 0.3) is 0 Å². The SMILES string of the molecule is COc1cc(Cl)c(C)cc1N[C@H](C)C(=O)Nc1cc(C)on1. The van der Waals surface area contributed by atoms with Gasteiger partial charge in [-0.1, -0.05) is 16.8 Å². The number of carbonyl (C=O) groups excluding carboxylic acids is 1. The van der Waals surface area contributed by atoms with E-state index in [1.54, 1.807) is 33.1 Å². The molecule has 1 aromatic carbocycles. The molecule has 0 unspecified atom stereocenters. The van der Waals surface area contributed by atoms with Gasteiger partial charge in [0.1, 0.15) is 17.6 Å². The first kappa shape index (κ1) is 16.2. The lowest BCUT2D eigenvalue weighted by Crippen LogP contribution is -2.32. The molecule has 0 aliphatic carbocycles. The average molecular weight is 324 g/mol. The van der Waals surface area contributed by atoms with Crippen molar-refractivity contribution in [1.29, 1.82) is 0 Å². The summed E-state index contributed by atoms with van der Waals surface area (Å²) >= 11 is 6.07. The van der Waals surface area contributed by atoms with E-state index in [4.69, 9.17) is 20.9 Å². The predicted molar refractivity (Wildman–Crippen MR) is 85.7 cm³/mol. The molecule has 1 atom stereocenters. The minimum atomic E-state index is -0.494. The summed E-state index contributed by atoms with van der Waals surface area (Å²) < 4.78 is 10.2. The van der Waals surface area contributed by atoms with Crippen molar-refractivity contribution in [3.05, 3.63) is 34.5 Å². The molecule has 0 aliphatic rings. The number of carbonyl (C=O) groups is 1. The van der Waals surface area contributed by atoms with Crippen LogP contribution in [0.5, 0.6) is 5.75 Å². The van der Waals surface area contributed by atoms with Crippen LogP contribution in [0.1, 0.15) is 18.2 Å². The fraction of sp³-hybridized carbons (Fsp3) is 0.333. The normalized spacial score (nSPS) is 11.9. The van der Waals surface area contributed by atoms with Crippen molar-refractivity contribution in [2.24, 2.45) is 0 Å². The first-order valence-electron chi connectivity index (χ1n) is 6.75. The van der Waals surface area contributed by atoms with E-state index in [9.17, 15) is 4.79 Å². The zero-order valence-corrected chi connectivity index (χ0v) is 13.6. The Morgan fingerprint density at radius 2 is 2.09 bits per heavy atom. The van der Waals surface area contributed by atoms with Crippen LogP contribution in [0, 0.1) is 13.8 Å². The standard InChI is InChI=1S/C15H18ClN3O3/c1-8-5-12(13(21-4)7-11(8)16)17-10(3)15(20)18-14-6-9(2)22-19-14/h5-7,10,17H,1-4H3,(H,18,19,20)/t10-/m1/s1. The van der Waals surface area contributed by atoms with Crippen molar-refractivity contribution < 1.29 is 14.1 Å². The lowest BCUT2D eigenvalue weighted by Gasteiger charge is -2.17. The van der Waals surface area contributed by atoms with E-state index in [1.807, 2.05) is 13.0 Å². The summed E-state index contributed by atoms with van der Waals surface area (Å²) in [6.45, 7) is 5.38. The van der Waals surface area contributed by atoms with Crippen LogP contribution in [0.3, 0.4) is 0 Å². The Balaban J connectivity index is 2.09. The molecule has 0 aliphatic heterocycles. The van der Waals surface area contributed by atoms with Gasteiger partial charge in [0.05, 0.1) is 12.8 Å². The van der Waals surface area contributed by atoms with Crippen molar-refractivity contribution in [3.63, 3.8) is 0 Å². The number of amides is 1. The van der Waals surface area contributed by atoms with E-state index in [-0.39, 0.29) is 5.91 Å². The van der Waals surface area contributed by atoms with Crippen LogP contribution < -0.4 is 15.4 Å². The van der Waals surface area contributed by atoms with Gasteiger partial charge in [-0.25, -0.2) is 0 Å². The first-order chi connectivity index (χ1) is 10.4. The third-order valence-electron chi connectivity index (χ3n) is 3.13. The molecule has 1 amide bonds. The Hall–Kier alpha value is -2.21. The largest absolute Gasteiger partial charge is 0.495 e. The Morgan fingerprint density at radius 3 is 2.68 bits per heavy atom. The van der Waals surface area contributed by atoms with Gasteiger partial charge in [-0.2, -0.15) is 0 Å². The molecule has 0 spiro atoms. The number of rotatable bonds is 5. The summed E-state index contributed by atoms with van der Waals surface area (Å²) in [4.78, 5) is 12.2. The van der Waals surface area contributed by atoms with Crippen LogP contribution in [-0.4, -0.2) is 24.2 Å².